The van der Waals surface area contributed by atoms with Gasteiger partial charge >= 0.3 is 0 Å². The summed E-state index contributed by atoms with van der Waals surface area (Å²) < 4.78 is 7.00. The second-order valence-corrected chi connectivity index (χ2v) is 12.1. The smallest absolute Gasteiger partial charge is 0.165 e. The first-order valence-corrected chi connectivity index (χ1v) is 15.8. The molecule has 5 aromatic carbocycles. The van der Waals surface area contributed by atoms with Crippen LogP contribution in [0, 0.1) is 0 Å². The number of benzene rings is 5. The largest absolute Gasteiger partial charge is 0.309 e. The lowest BCUT2D eigenvalue weighted by atomic mass is 10.0. The van der Waals surface area contributed by atoms with Crippen molar-refractivity contribution in [2.24, 2.45) is 0 Å². The first-order valence-electron chi connectivity index (χ1n) is 15.8. The van der Waals surface area contributed by atoms with Crippen LogP contribution in [0.2, 0.25) is 0 Å². The minimum absolute atomic E-state index is 0.830. The van der Waals surface area contributed by atoms with Crippen molar-refractivity contribution in [3.05, 3.63) is 146 Å². The predicted molar refractivity (Wildman–Crippen MR) is 192 cm³/mol. The van der Waals surface area contributed by atoms with E-state index < -0.39 is 0 Å². The fraction of sp³-hybridized carbons (Fsp3) is 0. The standard InChI is InChI=1S/C41H24N6/c1-3-10-25(11-4-1)45-34-16-8-7-14-27(34)31-22-36-32(23-35(31)45)30-18-17-29-28-19-21-42-24-37(28)47-40-33(15-9-20-43-40)44-41(47)38(29)39(30)46(36)26-12-5-2-6-13-26/h1-24H. The summed E-state index contributed by atoms with van der Waals surface area (Å²) in [6, 6.07) is 45.5. The number of imidazole rings is 1. The number of hydrogen-bond acceptors (Lipinski definition) is 3. The summed E-state index contributed by atoms with van der Waals surface area (Å²) in [5.41, 5.74) is 10.5. The number of aromatic nitrogens is 6. The van der Waals surface area contributed by atoms with Gasteiger partial charge in [-0.15, -0.1) is 0 Å². The molecule has 6 aromatic heterocycles. The van der Waals surface area contributed by atoms with Crippen LogP contribution < -0.4 is 0 Å². The van der Waals surface area contributed by atoms with E-state index in [1.807, 2.05) is 30.7 Å². The molecule has 0 saturated carbocycles. The van der Waals surface area contributed by atoms with Crippen LogP contribution in [-0.2, 0) is 0 Å². The van der Waals surface area contributed by atoms with Crippen molar-refractivity contribution in [3.8, 4) is 11.4 Å². The van der Waals surface area contributed by atoms with E-state index in [4.69, 9.17) is 9.97 Å². The molecule has 0 spiro atoms. The van der Waals surface area contributed by atoms with Crippen molar-refractivity contribution in [3.63, 3.8) is 0 Å². The molecular weight excluding hydrogens is 576 g/mol. The number of pyridine rings is 3. The Morgan fingerprint density at radius 1 is 0.447 bits per heavy atom. The highest BCUT2D eigenvalue weighted by Gasteiger charge is 2.23. The molecule has 0 radical (unpaired) electrons. The lowest BCUT2D eigenvalue weighted by Crippen LogP contribution is -1.97. The molecule has 11 aromatic rings. The molecule has 0 unspecified atom stereocenters. The minimum atomic E-state index is 0.830. The topological polar surface area (TPSA) is 52.9 Å². The van der Waals surface area contributed by atoms with Crippen LogP contribution in [-0.4, -0.2) is 28.5 Å². The van der Waals surface area contributed by atoms with E-state index in [0.29, 0.717) is 0 Å². The van der Waals surface area contributed by atoms with Crippen molar-refractivity contribution in [2.45, 2.75) is 0 Å². The Kier molecular flexibility index (Phi) is 4.75. The van der Waals surface area contributed by atoms with Crippen molar-refractivity contribution in [2.75, 3.05) is 0 Å². The minimum Gasteiger partial charge on any atom is -0.309 e. The van der Waals surface area contributed by atoms with Crippen molar-refractivity contribution in [1.82, 2.24) is 28.5 Å². The zero-order valence-electron chi connectivity index (χ0n) is 25.0. The first kappa shape index (κ1) is 24.8. The molecule has 0 saturated heterocycles. The Morgan fingerprint density at radius 2 is 1.13 bits per heavy atom. The highest BCUT2D eigenvalue weighted by molar-refractivity contribution is 6.28. The zero-order chi connectivity index (χ0) is 30.6. The molecular formula is C41H24N6. The predicted octanol–water partition coefficient (Wildman–Crippen LogP) is 9.78. The van der Waals surface area contributed by atoms with Crippen LogP contribution in [0.1, 0.15) is 0 Å². The molecule has 6 nitrogen and oxygen atoms in total. The van der Waals surface area contributed by atoms with Crippen LogP contribution in [0.25, 0.3) is 93.5 Å². The SMILES string of the molecule is c1ccc(-n2c3ccccc3c3cc4c(cc32)c2ccc3c5ccncc5n5c6ncccc6nc5c3c2n4-c2ccccc2)cc1. The number of fused-ring (bicyclic) bond motifs is 15. The molecule has 0 aliphatic carbocycles. The quantitative estimate of drug-likeness (QED) is 0.186. The van der Waals surface area contributed by atoms with E-state index >= 15 is 0 Å². The van der Waals surface area contributed by atoms with E-state index in [9.17, 15) is 0 Å². The van der Waals surface area contributed by atoms with E-state index in [-0.39, 0.29) is 0 Å². The van der Waals surface area contributed by atoms with E-state index in [1.54, 1.807) is 0 Å². The monoisotopic (exact) mass is 600 g/mol. The van der Waals surface area contributed by atoms with E-state index in [2.05, 4.69) is 134 Å². The summed E-state index contributed by atoms with van der Waals surface area (Å²) >= 11 is 0. The van der Waals surface area contributed by atoms with Crippen LogP contribution >= 0.6 is 0 Å². The average molecular weight is 601 g/mol. The number of hydrogen-bond donors (Lipinski definition) is 0. The van der Waals surface area contributed by atoms with E-state index in [1.165, 1.54) is 32.6 Å². The van der Waals surface area contributed by atoms with E-state index in [0.717, 1.165) is 60.9 Å². The third-order valence-electron chi connectivity index (χ3n) is 9.72. The third kappa shape index (κ3) is 3.21. The van der Waals surface area contributed by atoms with Gasteiger partial charge in [-0.25, -0.2) is 9.97 Å². The van der Waals surface area contributed by atoms with Gasteiger partial charge in [-0.2, -0.15) is 0 Å². The maximum atomic E-state index is 5.24. The van der Waals surface area contributed by atoms with Crippen molar-refractivity contribution < 1.29 is 0 Å². The Hall–Kier alpha value is -6.53. The maximum Gasteiger partial charge on any atom is 0.165 e. The van der Waals surface area contributed by atoms with Gasteiger partial charge in [0, 0.05) is 50.7 Å². The average Bonchev–Trinajstić information content (AvgIpc) is 3.79. The normalized spacial score (nSPS) is 12.3. The van der Waals surface area contributed by atoms with Gasteiger partial charge in [0.2, 0.25) is 0 Å². The first-order chi connectivity index (χ1) is 23.3. The van der Waals surface area contributed by atoms with Crippen LogP contribution in [0.15, 0.2) is 146 Å². The molecule has 11 rings (SSSR count). The zero-order valence-corrected chi connectivity index (χ0v) is 25.0. The van der Waals surface area contributed by atoms with Gasteiger partial charge in [-0.1, -0.05) is 66.7 Å². The summed E-state index contributed by atoms with van der Waals surface area (Å²) in [7, 11) is 0. The molecule has 0 N–H and O–H groups in total. The number of nitrogens with zero attached hydrogens (tertiary/aromatic N) is 6. The maximum absolute atomic E-state index is 5.24. The van der Waals surface area contributed by atoms with Crippen LogP contribution in [0.3, 0.4) is 0 Å². The molecule has 0 fully saturated rings. The number of para-hydroxylation sites is 3. The van der Waals surface area contributed by atoms with Gasteiger partial charge in [-0.3, -0.25) is 9.38 Å². The number of rotatable bonds is 2. The summed E-state index contributed by atoms with van der Waals surface area (Å²) in [6.45, 7) is 0. The van der Waals surface area contributed by atoms with Crippen molar-refractivity contribution >= 4 is 82.1 Å². The summed E-state index contributed by atoms with van der Waals surface area (Å²) in [5.74, 6) is 0. The van der Waals surface area contributed by atoms with Gasteiger partial charge < -0.3 is 9.13 Å². The molecule has 6 heterocycles. The Morgan fingerprint density at radius 3 is 1.96 bits per heavy atom. The molecule has 47 heavy (non-hydrogen) atoms. The fourth-order valence-corrected chi connectivity index (χ4v) is 7.82. The summed E-state index contributed by atoms with van der Waals surface area (Å²) in [6.07, 6.45) is 5.63. The lowest BCUT2D eigenvalue weighted by molar-refractivity contribution is 1.18. The second kappa shape index (κ2) is 9.02. The molecule has 0 amide bonds. The molecule has 0 atom stereocenters. The van der Waals surface area contributed by atoms with Crippen molar-refractivity contribution in [1.29, 1.82) is 0 Å². The fourth-order valence-electron chi connectivity index (χ4n) is 7.82. The molecule has 6 heteroatoms. The van der Waals surface area contributed by atoms with Gasteiger partial charge in [0.1, 0.15) is 11.2 Å². The molecule has 0 aliphatic rings. The molecule has 0 bridgehead atoms. The Balaban J connectivity index is 1.42. The Labute approximate surface area is 267 Å². The summed E-state index contributed by atoms with van der Waals surface area (Å²) in [5, 5.41) is 8.18. The highest BCUT2D eigenvalue weighted by atomic mass is 15.1. The van der Waals surface area contributed by atoms with Crippen LogP contribution in [0.5, 0.6) is 0 Å². The Bertz CT molecular complexity index is 3060. The lowest BCUT2D eigenvalue weighted by Gasteiger charge is -2.13. The van der Waals surface area contributed by atoms with Crippen LogP contribution in [0.4, 0.5) is 0 Å². The summed E-state index contributed by atoms with van der Waals surface area (Å²) in [4.78, 5) is 14.6. The van der Waals surface area contributed by atoms with Gasteiger partial charge in [-0.05, 0) is 66.0 Å². The third-order valence-corrected chi connectivity index (χ3v) is 9.72. The van der Waals surface area contributed by atoms with Gasteiger partial charge in [0.05, 0.1) is 39.2 Å². The van der Waals surface area contributed by atoms with Gasteiger partial charge in [0.25, 0.3) is 0 Å². The highest BCUT2D eigenvalue weighted by Crippen LogP contribution is 2.44. The molecule has 0 aliphatic heterocycles. The second-order valence-electron chi connectivity index (χ2n) is 12.1. The molecule has 218 valence electrons. The van der Waals surface area contributed by atoms with Gasteiger partial charge in [0.15, 0.2) is 5.65 Å².